The Labute approximate surface area is 201 Å². The van der Waals surface area contributed by atoms with Crippen LogP contribution in [0.25, 0.3) is 0 Å². The van der Waals surface area contributed by atoms with Crippen LogP contribution < -0.4 is 4.90 Å². The van der Waals surface area contributed by atoms with Gasteiger partial charge in [-0.25, -0.2) is 4.90 Å². The number of carbonyl (C=O) groups is 3. The Bertz CT molecular complexity index is 1240. The minimum absolute atomic E-state index is 0.114. The molecule has 0 N–H and O–H groups in total. The average Bonchev–Trinajstić information content (AvgIpc) is 3.08. The van der Waals surface area contributed by atoms with E-state index in [0.717, 1.165) is 22.3 Å². The number of alkyl halides is 2. The predicted molar refractivity (Wildman–Crippen MR) is 128 cm³/mol. The number of hydrogen-bond acceptors (Lipinski definition) is 3. The molecular formula is C26H17Br2NO3. The molecule has 4 aliphatic rings. The molecule has 0 spiro atoms. The van der Waals surface area contributed by atoms with Gasteiger partial charge in [0.2, 0.25) is 11.8 Å². The van der Waals surface area contributed by atoms with E-state index in [-0.39, 0.29) is 17.6 Å². The molecule has 0 unspecified atom stereocenters. The van der Waals surface area contributed by atoms with Crippen LogP contribution in [0.15, 0.2) is 72.8 Å². The molecule has 158 valence electrons. The van der Waals surface area contributed by atoms with Crippen molar-refractivity contribution < 1.29 is 14.4 Å². The highest BCUT2D eigenvalue weighted by atomic mass is 79.9. The molecule has 6 heteroatoms. The fourth-order valence-electron chi connectivity index (χ4n) is 5.79. The van der Waals surface area contributed by atoms with Gasteiger partial charge in [-0.15, -0.1) is 0 Å². The van der Waals surface area contributed by atoms with Crippen molar-refractivity contribution in [1.29, 1.82) is 0 Å². The third-order valence-electron chi connectivity index (χ3n) is 7.10. The summed E-state index contributed by atoms with van der Waals surface area (Å²) >= 11 is 7.98. The Balaban J connectivity index is 1.63. The van der Waals surface area contributed by atoms with Crippen LogP contribution in [-0.4, -0.2) is 17.6 Å². The van der Waals surface area contributed by atoms with Gasteiger partial charge in [-0.2, -0.15) is 0 Å². The Kier molecular flexibility index (Phi) is 4.07. The van der Waals surface area contributed by atoms with E-state index in [0.29, 0.717) is 11.3 Å². The molecule has 32 heavy (non-hydrogen) atoms. The second-order valence-electron chi connectivity index (χ2n) is 8.59. The molecule has 3 aromatic rings. The average molecular weight is 551 g/mol. The van der Waals surface area contributed by atoms with E-state index in [1.165, 1.54) is 11.8 Å². The molecule has 7 rings (SSSR count). The fourth-order valence-corrected chi connectivity index (χ4v) is 8.09. The summed E-state index contributed by atoms with van der Waals surface area (Å²) < 4.78 is -1.64. The molecule has 2 bridgehead atoms. The van der Waals surface area contributed by atoms with Gasteiger partial charge >= 0.3 is 0 Å². The summed E-state index contributed by atoms with van der Waals surface area (Å²) in [4.78, 5) is 41.1. The number of halogens is 2. The monoisotopic (exact) mass is 549 g/mol. The number of amides is 2. The summed E-state index contributed by atoms with van der Waals surface area (Å²) in [6.45, 7) is 1.47. The van der Waals surface area contributed by atoms with Gasteiger partial charge < -0.3 is 0 Å². The van der Waals surface area contributed by atoms with E-state index >= 15 is 0 Å². The van der Waals surface area contributed by atoms with Crippen molar-refractivity contribution in [2.45, 2.75) is 15.6 Å². The van der Waals surface area contributed by atoms with E-state index < -0.39 is 20.5 Å². The molecule has 0 aromatic heterocycles. The van der Waals surface area contributed by atoms with Gasteiger partial charge in [0.15, 0.2) is 5.78 Å². The van der Waals surface area contributed by atoms with Crippen LogP contribution >= 0.6 is 31.9 Å². The second kappa shape index (κ2) is 6.49. The number of carbonyl (C=O) groups excluding carboxylic acids is 3. The highest BCUT2D eigenvalue weighted by Gasteiger charge is 2.72. The summed E-state index contributed by atoms with van der Waals surface area (Å²) in [5, 5.41) is 0. The molecule has 3 aromatic carbocycles. The number of benzene rings is 3. The lowest BCUT2D eigenvalue weighted by Crippen LogP contribution is -2.56. The number of Topliss-reactive ketones (excluding diaryl/α,β-unsaturated/α-hetero) is 1. The molecule has 0 radical (unpaired) electrons. The summed E-state index contributed by atoms with van der Waals surface area (Å²) in [6, 6.07) is 22.7. The maximum Gasteiger partial charge on any atom is 0.239 e. The summed E-state index contributed by atoms with van der Waals surface area (Å²) in [7, 11) is 0. The molecule has 2 amide bonds. The Morgan fingerprint density at radius 2 is 1.19 bits per heavy atom. The van der Waals surface area contributed by atoms with Gasteiger partial charge in [-0.3, -0.25) is 14.4 Å². The first-order valence-corrected chi connectivity index (χ1v) is 12.0. The number of nitrogens with zero attached hydrogens (tertiary/aromatic N) is 1. The van der Waals surface area contributed by atoms with E-state index in [4.69, 9.17) is 0 Å². The highest BCUT2D eigenvalue weighted by Crippen LogP contribution is 2.70. The third kappa shape index (κ3) is 2.20. The molecule has 3 aliphatic carbocycles. The SMILES string of the molecule is CC(=O)c1cccc(N2C(=O)[C@@H]3[C@H](C2=O)C2(Br)c4ccccc4C3(Br)c3ccccc32)c1. The van der Waals surface area contributed by atoms with Gasteiger partial charge in [0.05, 0.1) is 26.2 Å². The third-order valence-corrected chi connectivity index (χ3v) is 9.79. The van der Waals surface area contributed by atoms with Gasteiger partial charge in [0, 0.05) is 5.56 Å². The van der Waals surface area contributed by atoms with Crippen molar-refractivity contribution >= 4 is 55.1 Å². The van der Waals surface area contributed by atoms with Crippen molar-refractivity contribution in [2.24, 2.45) is 11.8 Å². The van der Waals surface area contributed by atoms with Gasteiger partial charge in [0.1, 0.15) is 0 Å². The number of imide groups is 1. The second-order valence-corrected chi connectivity index (χ2v) is 11.1. The number of anilines is 1. The fraction of sp³-hybridized carbons (Fsp3) is 0.192. The lowest BCUT2D eigenvalue weighted by Gasteiger charge is -2.55. The van der Waals surface area contributed by atoms with Crippen molar-refractivity contribution in [1.82, 2.24) is 0 Å². The van der Waals surface area contributed by atoms with Gasteiger partial charge in [-0.1, -0.05) is 92.5 Å². The van der Waals surface area contributed by atoms with Crippen molar-refractivity contribution in [3.63, 3.8) is 0 Å². The molecule has 2 atom stereocenters. The van der Waals surface area contributed by atoms with Crippen LogP contribution in [0.4, 0.5) is 5.69 Å². The van der Waals surface area contributed by atoms with Crippen LogP contribution in [-0.2, 0) is 18.2 Å². The van der Waals surface area contributed by atoms with E-state index in [9.17, 15) is 14.4 Å². The normalized spacial score (nSPS) is 29.5. The minimum atomic E-state index is -0.819. The van der Waals surface area contributed by atoms with E-state index in [1.54, 1.807) is 24.3 Å². The molecule has 0 saturated carbocycles. The lowest BCUT2D eigenvalue weighted by atomic mass is 9.54. The quantitative estimate of drug-likeness (QED) is 0.247. The number of rotatable bonds is 2. The highest BCUT2D eigenvalue weighted by molar-refractivity contribution is 9.10. The standard InChI is InChI=1S/C26H17Br2NO3/c1-14(30)15-7-6-8-16(13-15)29-23(31)21-22(24(29)32)26(28)18-10-3-2-9-17(18)25(21,27)19-11-4-5-12-20(19)26/h2-13,21-22H,1H3/t21-,22+,25?,26?. The molecule has 4 nitrogen and oxygen atoms in total. The summed E-state index contributed by atoms with van der Waals surface area (Å²) in [5.74, 6) is -1.88. The minimum Gasteiger partial charge on any atom is -0.295 e. The zero-order chi connectivity index (χ0) is 22.4. The first-order chi connectivity index (χ1) is 15.3. The molecular weight excluding hydrogens is 534 g/mol. The van der Waals surface area contributed by atoms with E-state index in [1.807, 2.05) is 48.5 Å². The zero-order valence-electron chi connectivity index (χ0n) is 17.0. The number of hydrogen-bond donors (Lipinski definition) is 0. The molecule has 1 aliphatic heterocycles. The summed E-state index contributed by atoms with van der Waals surface area (Å²) in [5.41, 5.74) is 4.89. The van der Waals surface area contributed by atoms with Crippen LogP contribution in [0.5, 0.6) is 0 Å². The summed E-state index contributed by atoms with van der Waals surface area (Å²) in [6.07, 6.45) is 0. The van der Waals surface area contributed by atoms with Crippen LogP contribution in [0.1, 0.15) is 39.5 Å². The lowest BCUT2D eigenvalue weighted by molar-refractivity contribution is -0.122. The maximum absolute atomic E-state index is 14.0. The molecule has 1 saturated heterocycles. The van der Waals surface area contributed by atoms with Crippen LogP contribution in [0.2, 0.25) is 0 Å². The molecule has 1 heterocycles. The maximum atomic E-state index is 14.0. The predicted octanol–water partition coefficient (Wildman–Crippen LogP) is 5.30. The topological polar surface area (TPSA) is 54.5 Å². The number of ketones is 1. The van der Waals surface area contributed by atoms with Gasteiger partial charge in [-0.05, 0) is 41.3 Å². The van der Waals surface area contributed by atoms with Gasteiger partial charge in [0.25, 0.3) is 0 Å². The molecule has 1 fully saturated rings. The van der Waals surface area contributed by atoms with Crippen LogP contribution in [0, 0.1) is 11.8 Å². The smallest absolute Gasteiger partial charge is 0.239 e. The Morgan fingerprint density at radius 1 is 0.750 bits per heavy atom. The first kappa shape index (κ1) is 20.1. The zero-order valence-corrected chi connectivity index (χ0v) is 20.2. The van der Waals surface area contributed by atoms with Crippen molar-refractivity contribution in [3.05, 3.63) is 101 Å². The van der Waals surface area contributed by atoms with E-state index in [2.05, 4.69) is 31.9 Å². The van der Waals surface area contributed by atoms with Crippen LogP contribution in [0.3, 0.4) is 0 Å². The Morgan fingerprint density at radius 3 is 1.59 bits per heavy atom. The van der Waals surface area contributed by atoms with Crippen molar-refractivity contribution in [2.75, 3.05) is 4.90 Å². The first-order valence-electron chi connectivity index (χ1n) is 10.4. The largest absolute Gasteiger partial charge is 0.295 e. The Hall–Kier alpha value is -2.57. The van der Waals surface area contributed by atoms with Crippen molar-refractivity contribution in [3.8, 4) is 0 Å².